The molecule has 0 aliphatic carbocycles. The van der Waals surface area contributed by atoms with Crippen LogP contribution in [0.5, 0.6) is 0 Å². The lowest BCUT2D eigenvalue weighted by Crippen LogP contribution is -2.38. The molecular weight excluding hydrogens is 239 g/mol. The minimum Gasteiger partial charge on any atom is -0.382 e. The predicted octanol–water partition coefficient (Wildman–Crippen LogP) is 1.09. The Morgan fingerprint density at radius 2 is 2.33 bits per heavy atom. The van der Waals surface area contributed by atoms with E-state index in [4.69, 9.17) is 15.0 Å². The summed E-state index contributed by atoms with van der Waals surface area (Å²) in [6.07, 6.45) is 2.52. The van der Waals surface area contributed by atoms with E-state index < -0.39 is 11.4 Å². The van der Waals surface area contributed by atoms with Gasteiger partial charge in [0.1, 0.15) is 5.54 Å². The first kappa shape index (κ1) is 12.6. The zero-order chi connectivity index (χ0) is 13.2. The Morgan fingerprint density at radius 3 is 3.00 bits per heavy atom. The molecule has 1 unspecified atom stereocenters. The highest BCUT2D eigenvalue weighted by atomic mass is 19.1. The first-order chi connectivity index (χ1) is 8.54. The molecule has 2 aromatic heterocycles. The SMILES string of the molecule is COCC(C)(N)c1noc(-c2ccncc2F)n1. The van der Waals surface area contributed by atoms with Crippen LogP contribution in [-0.2, 0) is 10.3 Å². The number of ether oxygens (including phenoxy) is 1. The molecule has 2 rings (SSSR count). The van der Waals surface area contributed by atoms with E-state index >= 15 is 0 Å². The number of rotatable bonds is 4. The Kier molecular flexibility index (Phi) is 3.35. The molecule has 18 heavy (non-hydrogen) atoms. The van der Waals surface area contributed by atoms with E-state index in [0.29, 0.717) is 0 Å². The van der Waals surface area contributed by atoms with Gasteiger partial charge in [0.05, 0.1) is 18.4 Å². The van der Waals surface area contributed by atoms with Crippen molar-refractivity contribution in [2.24, 2.45) is 5.73 Å². The minimum absolute atomic E-state index is 0.0673. The number of nitrogens with zero attached hydrogens (tertiary/aromatic N) is 3. The van der Waals surface area contributed by atoms with Gasteiger partial charge in [0, 0.05) is 13.3 Å². The van der Waals surface area contributed by atoms with E-state index in [1.165, 1.54) is 19.4 Å². The van der Waals surface area contributed by atoms with Crippen LogP contribution in [-0.4, -0.2) is 28.8 Å². The lowest BCUT2D eigenvalue weighted by atomic mass is 10.1. The minimum atomic E-state index is -0.889. The highest BCUT2D eigenvalue weighted by molar-refractivity contribution is 5.52. The molecule has 0 saturated carbocycles. The molecule has 2 heterocycles. The van der Waals surface area contributed by atoms with Crippen molar-refractivity contribution < 1.29 is 13.7 Å². The molecule has 6 nitrogen and oxygen atoms in total. The number of aromatic nitrogens is 3. The Balaban J connectivity index is 2.34. The van der Waals surface area contributed by atoms with Gasteiger partial charge in [-0.3, -0.25) is 4.98 Å². The molecule has 96 valence electrons. The molecule has 0 amide bonds. The predicted molar refractivity (Wildman–Crippen MR) is 60.9 cm³/mol. The first-order valence-corrected chi connectivity index (χ1v) is 5.26. The van der Waals surface area contributed by atoms with Gasteiger partial charge in [-0.25, -0.2) is 4.39 Å². The molecule has 0 aliphatic rings. The van der Waals surface area contributed by atoms with Gasteiger partial charge in [-0.15, -0.1) is 0 Å². The second kappa shape index (κ2) is 4.79. The van der Waals surface area contributed by atoms with Crippen molar-refractivity contribution in [1.82, 2.24) is 15.1 Å². The normalized spacial score (nSPS) is 14.4. The second-order valence-electron chi connectivity index (χ2n) is 4.13. The van der Waals surface area contributed by atoms with Crippen LogP contribution in [0.1, 0.15) is 12.7 Å². The van der Waals surface area contributed by atoms with E-state index in [1.54, 1.807) is 6.92 Å². The highest BCUT2D eigenvalue weighted by Crippen LogP contribution is 2.22. The largest absolute Gasteiger partial charge is 0.382 e. The van der Waals surface area contributed by atoms with Crippen molar-refractivity contribution >= 4 is 0 Å². The van der Waals surface area contributed by atoms with Crippen LogP contribution >= 0.6 is 0 Å². The lowest BCUT2D eigenvalue weighted by molar-refractivity contribution is 0.135. The maximum Gasteiger partial charge on any atom is 0.261 e. The zero-order valence-corrected chi connectivity index (χ0v) is 10.1. The van der Waals surface area contributed by atoms with E-state index in [0.717, 1.165) is 6.20 Å². The number of nitrogens with two attached hydrogens (primary N) is 1. The average molecular weight is 252 g/mol. The van der Waals surface area contributed by atoms with Gasteiger partial charge in [-0.1, -0.05) is 5.16 Å². The van der Waals surface area contributed by atoms with Crippen molar-refractivity contribution in [3.8, 4) is 11.5 Å². The van der Waals surface area contributed by atoms with E-state index in [2.05, 4.69) is 15.1 Å². The summed E-state index contributed by atoms with van der Waals surface area (Å²) in [6, 6.07) is 1.46. The van der Waals surface area contributed by atoms with Crippen molar-refractivity contribution in [3.05, 3.63) is 30.1 Å². The first-order valence-electron chi connectivity index (χ1n) is 5.26. The van der Waals surface area contributed by atoms with Crippen molar-refractivity contribution in [3.63, 3.8) is 0 Å². The van der Waals surface area contributed by atoms with Gasteiger partial charge in [0.25, 0.3) is 5.89 Å². The molecule has 0 fully saturated rings. The summed E-state index contributed by atoms with van der Waals surface area (Å²) in [5.74, 6) is -0.202. The maximum absolute atomic E-state index is 13.5. The third kappa shape index (κ3) is 2.36. The molecule has 0 spiro atoms. The molecule has 0 aliphatic heterocycles. The van der Waals surface area contributed by atoms with Crippen LogP contribution in [0, 0.1) is 5.82 Å². The average Bonchev–Trinajstić information content (AvgIpc) is 2.79. The second-order valence-corrected chi connectivity index (χ2v) is 4.13. The van der Waals surface area contributed by atoms with Crippen LogP contribution in [0.3, 0.4) is 0 Å². The summed E-state index contributed by atoms with van der Waals surface area (Å²) >= 11 is 0. The van der Waals surface area contributed by atoms with Crippen LogP contribution in [0.2, 0.25) is 0 Å². The molecular formula is C11H13FN4O2. The molecule has 0 bridgehead atoms. The fraction of sp³-hybridized carbons (Fsp3) is 0.364. The van der Waals surface area contributed by atoms with Crippen LogP contribution in [0.4, 0.5) is 4.39 Å². The van der Waals surface area contributed by atoms with Gasteiger partial charge in [0.2, 0.25) is 0 Å². The summed E-state index contributed by atoms with van der Waals surface area (Å²) in [7, 11) is 1.52. The fourth-order valence-electron chi connectivity index (χ4n) is 1.48. The molecule has 0 radical (unpaired) electrons. The monoisotopic (exact) mass is 252 g/mol. The Labute approximate surface area is 103 Å². The third-order valence-electron chi connectivity index (χ3n) is 2.38. The molecule has 7 heteroatoms. The van der Waals surface area contributed by atoms with Crippen LogP contribution < -0.4 is 5.73 Å². The fourth-order valence-corrected chi connectivity index (χ4v) is 1.48. The van der Waals surface area contributed by atoms with Crippen molar-refractivity contribution in [1.29, 1.82) is 0 Å². The quantitative estimate of drug-likeness (QED) is 0.876. The molecule has 2 N–H and O–H groups in total. The molecule has 2 aromatic rings. The maximum atomic E-state index is 13.5. The van der Waals surface area contributed by atoms with E-state index in [1.807, 2.05) is 0 Å². The van der Waals surface area contributed by atoms with Gasteiger partial charge >= 0.3 is 0 Å². The summed E-state index contributed by atoms with van der Waals surface area (Å²) in [5.41, 5.74) is 5.26. The van der Waals surface area contributed by atoms with Gasteiger partial charge in [0.15, 0.2) is 11.6 Å². The standard InChI is InChI=1S/C11H13FN4O2/c1-11(13,6-17-2)10-15-9(18-16-10)7-3-4-14-5-8(7)12/h3-5H,6,13H2,1-2H3. The highest BCUT2D eigenvalue weighted by Gasteiger charge is 2.28. The molecule has 0 saturated heterocycles. The lowest BCUT2D eigenvalue weighted by Gasteiger charge is -2.18. The number of methoxy groups -OCH3 is 1. The van der Waals surface area contributed by atoms with E-state index in [-0.39, 0.29) is 23.9 Å². The number of halogens is 1. The number of pyridine rings is 1. The Hall–Kier alpha value is -1.86. The van der Waals surface area contributed by atoms with Crippen LogP contribution in [0.25, 0.3) is 11.5 Å². The third-order valence-corrected chi connectivity index (χ3v) is 2.38. The van der Waals surface area contributed by atoms with Crippen molar-refractivity contribution in [2.75, 3.05) is 13.7 Å². The van der Waals surface area contributed by atoms with Gasteiger partial charge in [-0.05, 0) is 13.0 Å². The number of hydrogen-bond acceptors (Lipinski definition) is 6. The molecule has 0 aromatic carbocycles. The zero-order valence-electron chi connectivity index (χ0n) is 10.1. The van der Waals surface area contributed by atoms with Gasteiger partial charge in [-0.2, -0.15) is 4.98 Å². The van der Waals surface area contributed by atoms with Crippen molar-refractivity contribution in [2.45, 2.75) is 12.5 Å². The Morgan fingerprint density at radius 1 is 1.56 bits per heavy atom. The summed E-state index contributed by atoms with van der Waals surface area (Å²) < 4.78 is 23.5. The summed E-state index contributed by atoms with van der Waals surface area (Å²) in [4.78, 5) is 7.73. The molecule has 1 atom stereocenters. The van der Waals surface area contributed by atoms with Gasteiger partial charge < -0.3 is 15.0 Å². The Bertz CT molecular complexity index is 541. The topological polar surface area (TPSA) is 87.1 Å². The number of hydrogen-bond donors (Lipinski definition) is 1. The van der Waals surface area contributed by atoms with E-state index in [9.17, 15) is 4.39 Å². The van der Waals surface area contributed by atoms with Crippen LogP contribution in [0.15, 0.2) is 23.0 Å². The summed E-state index contributed by atoms with van der Waals surface area (Å²) in [5, 5.41) is 3.75. The smallest absolute Gasteiger partial charge is 0.261 e. The summed E-state index contributed by atoms with van der Waals surface area (Å²) in [6.45, 7) is 1.93.